The SMILES string of the molecule is Cc1cc(Br)ccc1C(=O)N1CC(C)NCC1C. The van der Waals surface area contributed by atoms with Crippen molar-refractivity contribution in [1.82, 2.24) is 10.2 Å². The molecule has 2 unspecified atom stereocenters. The summed E-state index contributed by atoms with van der Waals surface area (Å²) in [6, 6.07) is 6.43. The van der Waals surface area contributed by atoms with E-state index in [1.165, 1.54) is 0 Å². The number of piperazine rings is 1. The highest BCUT2D eigenvalue weighted by Gasteiger charge is 2.27. The summed E-state index contributed by atoms with van der Waals surface area (Å²) >= 11 is 3.43. The van der Waals surface area contributed by atoms with E-state index in [1.54, 1.807) is 0 Å². The van der Waals surface area contributed by atoms with Crippen LogP contribution in [0.3, 0.4) is 0 Å². The molecule has 2 rings (SSSR count). The molecule has 98 valence electrons. The van der Waals surface area contributed by atoms with Crippen LogP contribution in [0.4, 0.5) is 0 Å². The number of nitrogens with zero attached hydrogens (tertiary/aromatic N) is 1. The van der Waals surface area contributed by atoms with E-state index in [4.69, 9.17) is 0 Å². The first-order valence-electron chi connectivity index (χ1n) is 6.29. The van der Waals surface area contributed by atoms with Gasteiger partial charge in [-0.3, -0.25) is 4.79 Å². The van der Waals surface area contributed by atoms with Gasteiger partial charge in [0.05, 0.1) is 0 Å². The van der Waals surface area contributed by atoms with Crippen molar-refractivity contribution >= 4 is 21.8 Å². The van der Waals surface area contributed by atoms with Gasteiger partial charge in [0.1, 0.15) is 0 Å². The number of rotatable bonds is 1. The molecule has 3 nitrogen and oxygen atoms in total. The Morgan fingerprint density at radius 3 is 2.83 bits per heavy atom. The number of carbonyl (C=O) groups is 1. The van der Waals surface area contributed by atoms with Gasteiger partial charge in [0.25, 0.3) is 5.91 Å². The maximum Gasteiger partial charge on any atom is 0.254 e. The number of aryl methyl sites for hydroxylation is 1. The number of hydrogen-bond donors (Lipinski definition) is 1. The number of amides is 1. The zero-order chi connectivity index (χ0) is 13.3. The van der Waals surface area contributed by atoms with Crippen LogP contribution in [-0.2, 0) is 0 Å². The van der Waals surface area contributed by atoms with E-state index in [-0.39, 0.29) is 11.9 Å². The molecule has 1 heterocycles. The van der Waals surface area contributed by atoms with E-state index in [0.29, 0.717) is 6.04 Å². The topological polar surface area (TPSA) is 32.3 Å². The van der Waals surface area contributed by atoms with Gasteiger partial charge in [-0.2, -0.15) is 0 Å². The summed E-state index contributed by atoms with van der Waals surface area (Å²) in [7, 11) is 0. The van der Waals surface area contributed by atoms with E-state index in [1.807, 2.05) is 30.0 Å². The zero-order valence-corrected chi connectivity index (χ0v) is 12.6. The Kier molecular flexibility index (Phi) is 4.07. The molecule has 0 aliphatic carbocycles. The first-order valence-corrected chi connectivity index (χ1v) is 7.09. The zero-order valence-electron chi connectivity index (χ0n) is 11.0. The van der Waals surface area contributed by atoms with Crippen LogP contribution in [-0.4, -0.2) is 36.0 Å². The molecular formula is C14H19BrN2O. The highest BCUT2D eigenvalue weighted by molar-refractivity contribution is 9.10. The number of halogens is 1. The van der Waals surface area contributed by atoms with Crippen molar-refractivity contribution in [2.24, 2.45) is 0 Å². The molecule has 0 radical (unpaired) electrons. The maximum absolute atomic E-state index is 12.6. The fourth-order valence-corrected chi connectivity index (χ4v) is 2.80. The predicted molar refractivity (Wildman–Crippen MR) is 76.8 cm³/mol. The third-order valence-electron chi connectivity index (χ3n) is 3.44. The summed E-state index contributed by atoms with van der Waals surface area (Å²) in [5, 5.41) is 3.39. The van der Waals surface area contributed by atoms with Gasteiger partial charge in [0.2, 0.25) is 0 Å². The summed E-state index contributed by atoms with van der Waals surface area (Å²) in [4.78, 5) is 14.5. The molecule has 1 aromatic carbocycles. The molecule has 1 N–H and O–H groups in total. The first kappa shape index (κ1) is 13.6. The maximum atomic E-state index is 12.6. The van der Waals surface area contributed by atoms with E-state index < -0.39 is 0 Å². The van der Waals surface area contributed by atoms with Crippen LogP contribution in [0.5, 0.6) is 0 Å². The molecule has 1 aliphatic rings. The lowest BCUT2D eigenvalue weighted by atomic mass is 10.0. The van der Waals surface area contributed by atoms with Crippen molar-refractivity contribution in [3.63, 3.8) is 0 Å². The second kappa shape index (κ2) is 5.41. The second-order valence-corrected chi connectivity index (χ2v) is 5.99. The average Bonchev–Trinajstić information content (AvgIpc) is 2.31. The standard InChI is InChI=1S/C14H19BrN2O/c1-9-6-12(15)4-5-13(9)14(18)17-8-10(2)16-7-11(17)3/h4-6,10-11,16H,7-8H2,1-3H3. The molecule has 2 atom stereocenters. The van der Waals surface area contributed by atoms with Crippen molar-refractivity contribution < 1.29 is 4.79 Å². The molecule has 0 spiro atoms. The van der Waals surface area contributed by atoms with E-state index >= 15 is 0 Å². The molecule has 4 heteroatoms. The molecule has 18 heavy (non-hydrogen) atoms. The Hall–Kier alpha value is -0.870. The van der Waals surface area contributed by atoms with E-state index in [9.17, 15) is 4.79 Å². The average molecular weight is 311 g/mol. The largest absolute Gasteiger partial charge is 0.333 e. The van der Waals surface area contributed by atoms with Gasteiger partial charge in [-0.25, -0.2) is 0 Å². The minimum atomic E-state index is 0.140. The molecule has 1 aromatic rings. The predicted octanol–water partition coefficient (Wildman–Crippen LogP) is 2.58. The van der Waals surface area contributed by atoms with Gasteiger partial charge < -0.3 is 10.2 Å². The summed E-state index contributed by atoms with van der Waals surface area (Å²) in [6.07, 6.45) is 0. The van der Waals surface area contributed by atoms with Crippen molar-refractivity contribution in [3.05, 3.63) is 33.8 Å². The Labute approximate surface area is 117 Å². The third-order valence-corrected chi connectivity index (χ3v) is 3.94. The molecule has 1 fully saturated rings. The summed E-state index contributed by atoms with van der Waals surface area (Å²) in [5.41, 5.74) is 1.83. The summed E-state index contributed by atoms with van der Waals surface area (Å²) < 4.78 is 1.01. The quantitative estimate of drug-likeness (QED) is 0.864. The van der Waals surface area contributed by atoms with Gasteiger partial charge in [-0.1, -0.05) is 15.9 Å². The highest BCUT2D eigenvalue weighted by atomic mass is 79.9. The molecule has 1 amide bonds. The van der Waals surface area contributed by atoms with Crippen LogP contribution in [0.15, 0.2) is 22.7 Å². The van der Waals surface area contributed by atoms with Crippen molar-refractivity contribution in [3.8, 4) is 0 Å². The lowest BCUT2D eigenvalue weighted by molar-refractivity contribution is 0.0615. The van der Waals surface area contributed by atoms with Crippen LogP contribution in [0.25, 0.3) is 0 Å². The van der Waals surface area contributed by atoms with E-state index in [0.717, 1.165) is 28.7 Å². The number of hydrogen-bond acceptors (Lipinski definition) is 2. The van der Waals surface area contributed by atoms with Crippen molar-refractivity contribution in [1.29, 1.82) is 0 Å². The van der Waals surface area contributed by atoms with Crippen LogP contribution in [0.1, 0.15) is 29.8 Å². The first-order chi connectivity index (χ1) is 8.49. The van der Waals surface area contributed by atoms with Crippen LogP contribution >= 0.6 is 15.9 Å². The minimum absolute atomic E-state index is 0.140. The molecule has 0 aromatic heterocycles. The van der Waals surface area contributed by atoms with E-state index in [2.05, 4.69) is 35.1 Å². The van der Waals surface area contributed by atoms with Crippen LogP contribution in [0.2, 0.25) is 0 Å². The Morgan fingerprint density at radius 2 is 2.17 bits per heavy atom. The smallest absolute Gasteiger partial charge is 0.254 e. The molecule has 1 aliphatic heterocycles. The fourth-order valence-electron chi connectivity index (χ4n) is 2.33. The fraction of sp³-hybridized carbons (Fsp3) is 0.500. The highest BCUT2D eigenvalue weighted by Crippen LogP contribution is 2.19. The van der Waals surface area contributed by atoms with Crippen molar-refractivity contribution in [2.45, 2.75) is 32.9 Å². The van der Waals surface area contributed by atoms with Crippen LogP contribution < -0.4 is 5.32 Å². The number of carbonyl (C=O) groups excluding carboxylic acids is 1. The number of nitrogens with one attached hydrogen (secondary N) is 1. The normalized spacial score (nSPS) is 24.1. The van der Waals surface area contributed by atoms with Gasteiger partial charge >= 0.3 is 0 Å². The summed E-state index contributed by atoms with van der Waals surface area (Å²) in [5.74, 6) is 0.140. The minimum Gasteiger partial charge on any atom is -0.333 e. The van der Waals surface area contributed by atoms with Gasteiger partial charge in [-0.05, 0) is 44.5 Å². The third kappa shape index (κ3) is 2.75. The van der Waals surface area contributed by atoms with Crippen molar-refractivity contribution in [2.75, 3.05) is 13.1 Å². The Balaban J connectivity index is 2.24. The Bertz CT molecular complexity index is 461. The second-order valence-electron chi connectivity index (χ2n) is 5.08. The Morgan fingerprint density at radius 1 is 1.44 bits per heavy atom. The molecule has 0 saturated carbocycles. The number of benzene rings is 1. The van der Waals surface area contributed by atoms with Gasteiger partial charge in [0, 0.05) is 35.2 Å². The summed E-state index contributed by atoms with van der Waals surface area (Å²) in [6.45, 7) is 7.82. The van der Waals surface area contributed by atoms with Gasteiger partial charge in [-0.15, -0.1) is 0 Å². The lowest BCUT2D eigenvalue weighted by Gasteiger charge is -2.37. The monoisotopic (exact) mass is 310 g/mol. The molecule has 1 saturated heterocycles. The van der Waals surface area contributed by atoms with Crippen LogP contribution in [0, 0.1) is 6.92 Å². The molecule has 0 bridgehead atoms. The lowest BCUT2D eigenvalue weighted by Crippen LogP contribution is -2.56. The van der Waals surface area contributed by atoms with Gasteiger partial charge in [0.15, 0.2) is 0 Å². The molecular weight excluding hydrogens is 292 g/mol.